The van der Waals surface area contributed by atoms with Crippen LogP contribution >= 0.6 is 0 Å². The van der Waals surface area contributed by atoms with Crippen LogP contribution in [0, 0.1) is 0 Å². The second-order valence-electron chi connectivity index (χ2n) is 23.0. The molecule has 2 aliphatic heterocycles. The molecule has 22 heteroatoms. The second kappa shape index (κ2) is 21.9. The minimum atomic E-state index is -2.11. The number of carbonyl (C=O) groups excluding carboxylic acids is 6. The van der Waals surface area contributed by atoms with E-state index in [1.54, 1.807) is 13.8 Å². The zero-order valence-corrected chi connectivity index (χ0v) is 46.8. The molecule has 12 atom stereocenters. The summed E-state index contributed by atoms with van der Waals surface area (Å²) in [5.74, 6) is -6.91. The van der Waals surface area contributed by atoms with Crippen LogP contribution in [0.1, 0.15) is 163 Å². The Morgan fingerprint density at radius 1 is 0.548 bits per heavy atom. The van der Waals surface area contributed by atoms with Crippen LogP contribution in [-0.2, 0) is 54.5 Å². The lowest BCUT2D eigenvalue weighted by Crippen LogP contribution is -2.93. The second-order valence-corrected chi connectivity index (χ2v) is 23.0. The van der Waals surface area contributed by atoms with E-state index < -0.39 is 178 Å². The maximum atomic E-state index is 14.1. The molecule has 5 aromatic rings. The molecule has 2 saturated heterocycles. The smallest absolute Gasteiger partial charge is 0.202 e. The quantitative estimate of drug-likeness (QED) is 0.0696. The van der Waals surface area contributed by atoms with Crippen LogP contribution in [-0.4, -0.2) is 150 Å². The van der Waals surface area contributed by atoms with Gasteiger partial charge in [0, 0.05) is 70.2 Å². The highest BCUT2D eigenvalue weighted by Gasteiger charge is 2.52. The molecule has 5 aromatic carbocycles. The molecule has 4 aliphatic carbocycles. The van der Waals surface area contributed by atoms with Gasteiger partial charge < -0.3 is 79.9 Å². The number of benzene rings is 5. The van der Waals surface area contributed by atoms with Crippen molar-refractivity contribution >= 4 is 34.7 Å². The first kappa shape index (κ1) is 58.3. The highest BCUT2D eigenvalue weighted by atomic mass is 16.7. The molecule has 2 fully saturated rings. The lowest BCUT2D eigenvalue weighted by atomic mass is 9.72. The zero-order valence-electron chi connectivity index (χ0n) is 46.8. The maximum absolute atomic E-state index is 14.1. The molecule has 0 bridgehead atoms. The molecule has 22 nitrogen and oxygen atoms in total. The molecule has 12 unspecified atom stereocenters. The first-order valence-corrected chi connectivity index (χ1v) is 27.8. The number of phenols is 4. The number of ketones is 6. The summed E-state index contributed by atoms with van der Waals surface area (Å²) >= 11 is 0. The summed E-state index contributed by atoms with van der Waals surface area (Å²) in [4.78, 5) is 82.2. The summed E-state index contributed by atoms with van der Waals surface area (Å²) in [6.07, 6.45) is -10.00. The van der Waals surface area contributed by atoms with Crippen LogP contribution in [0.5, 0.6) is 34.5 Å². The molecule has 442 valence electrons. The van der Waals surface area contributed by atoms with E-state index in [4.69, 9.17) is 28.4 Å². The van der Waals surface area contributed by atoms with Crippen LogP contribution in [0.25, 0.3) is 0 Å². The van der Waals surface area contributed by atoms with Crippen molar-refractivity contribution < 1.29 is 109 Å². The fourth-order valence-electron chi connectivity index (χ4n) is 13.2. The van der Waals surface area contributed by atoms with Gasteiger partial charge in [-0.25, -0.2) is 0 Å². The van der Waals surface area contributed by atoms with Crippen molar-refractivity contribution in [3.63, 3.8) is 0 Å². The Hall–Kier alpha value is -7.48. The number of methoxy groups -OCH3 is 2. The molecule has 0 amide bonds. The lowest BCUT2D eigenvalue weighted by Gasteiger charge is -2.42. The van der Waals surface area contributed by atoms with E-state index in [0.717, 1.165) is 11.1 Å². The molecule has 12 N–H and O–H groups in total. The number of quaternary nitrogens is 2. The van der Waals surface area contributed by atoms with E-state index >= 15 is 0 Å². The number of rotatable bonds is 14. The Bertz CT molecular complexity index is 3370. The molecule has 11 rings (SSSR count). The van der Waals surface area contributed by atoms with Gasteiger partial charge in [-0.1, -0.05) is 48.5 Å². The van der Waals surface area contributed by atoms with Crippen molar-refractivity contribution in [1.82, 2.24) is 0 Å². The van der Waals surface area contributed by atoms with E-state index in [0.29, 0.717) is 13.1 Å². The molecule has 2 heterocycles. The van der Waals surface area contributed by atoms with Gasteiger partial charge >= 0.3 is 0 Å². The fraction of sp³-hybridized carbons (Fsp3) is 0.419. The third-order valence-corrected chi connectivity index (χ3v) is 17.9. The van der Waals surface area contributed by atoms with Gasteiger partial charge in [0.25, 0.3) is 0 Å². The first-order valence-electron chi connectivity index (χ1n) is 27.8. The summed E-state index contributed by atoms with van der Waals surface area (Å²) in [5, 5.41) is 97.5. The first-order chi connectivity index (χ1) is 39.9. The number of hydrogen-bond acceptors (Lipinski definition) is 20. The van der Waals surface area contributed by atoms with Crippen LogP contribution in [0.15, 0.2) is 60.7 Å². The molecule has 0 saturated carbocycles. The van der Waals surface area contributed by atoms with Gasteiger partial charge in [0.15, 0.2) is 35.7 Å². The van der Waals surface area contributed by atoms with Gasteiger partial charge in [-0.05, 0) is 39.8 Å². The zero-order chi connectivity index (χ0) is 60.2. The predicted octanol–water partition coefficient (Wildman–Crippen LogP) is 1.98. The van der Waals surface area contributed by atoms with Crippen LogP contribution in [0.2, 0.25) is 0 Å². The number of hydrogen-bond donors (Lipinski definition) is 10. The summed E-state index contributed by atoms with van der Waals surface area (Å²) < 4.78 is 36.0. The van der Waals surface area contributed by atoms with Gasteiger partial charge in [0.2, 0.25) is 11.6 Å². The molecule has 6 aliphatic rings. The Balaban J connectivity index is 0.763. The third-order valence-electron chi connectivity index (χ3n) is 17.9. The molecule has 0 spiro atoms. The van der Waals surface area contributed by atoms with Crippen molar-refractivity contribution in [1.29, 1.82) is 0 Å². The van der Waals surface area contributed by atoms with Gasteiger partial charge in [-0.15, -0.1) is 0 Å². The average molecular weight is 1160 g/mol. The van der Waals surface area contributed by atoms with E-state index in [1.807, 2.05) is 34.9 Å². The van der Waals surface area contributed by atoms with E-state index in [9.17, 15) is 69.6 Å². The van der Waals surface area contributed by atoms with Crippen LogP contribution in [0.4, 0.5) is 0 Å². The standard InChI is InChI=1S/C62H64N2O20/c1-25-51(67)35(17-41(81-25)83-39-21-61(77,27(3)65)19-33-45(39)59(75)49-47(55(33)71)53(69)31-9-7-11-37(79-5)43(31)57(49)73)63-23-29-13-15-30(16-14-29)24-64-36-18-42(82-26(2)52(36)68)84-40-22-62(78,28(4)66)20-34-46(40)60(76)50-48(56(34)72)54(70)32-10-8-12-38(80-6)44(32)58(50)74/h7-16,25-26,35-36,39-42,51-52,63-64,67-68,71-72,75-78H,17-24H2,1-6H3/p+2. The normalized spacial score (nSPS) is 28.7. The minimum Gasteiger partial charge on any atom is -0.507 e. The Morgan fingerprint density at radius 2 is 0.905 bits per heavy atom. The Morgan fingerprint density at radius 3 is 1.25 bits per heavy atom. The van der Waals surface area contributed by atoms with Crippen molar-refractivity contribution in [2.45, 2.75) is 152 Å². The molecular formula is C62H66N2O20+2. The maximum Gasteiger partial charge on any atom is 0.202 e. The van der Waals surface area contributed by atoms with Gasteiger partial charge in [0.1, 0.15) is 83.1 Å². The number of ether oxygens (including phenoxy) is 6. The SMILES string of the molecule is COc1cccc2c1C(=O)c1c(O)c3c(c(O)c1C2=O)CC(O)(C(C)=O)CC3OC1CC([NH2+]Cc2ccc(C[NH2+]C3CC(OC4CC(O)(C(C)=O)Cc5c(O)c6c(c(O)c54)C(=O)c4c(OC)cccc4C6=O)OC(C)C3O)cc2)C(O)C(C)O1. The van der Waals surface area contributed by atoms with Crippen molar-refractivity contribution in [2.24, 2.45) is 0 Å². The summed E-state index contributed by atoms with van der Waals surface area (Å²) in [7, 11) is 2.65. The molecule has 0 radical (unpaired) electrons. The number of nitrogens with two attached hydrogens (primary N) is 2. The van der Waals surface area contributed by atoms with E-state index in [1.165, 1.54) is 64.5 Å². The monoisotopic (exact) mass is 1160 g/mol. The highest BCUT2D eigenvalue weighted by Crippen LogP contribution is 2.55. The van der Waals surface area contributed by atoms with Crippen molar-refractivity contribution in [3.05, 3.63) is 139 Å². The topological polar surface area (TPSA) is 353 Å². The number of aliphatic hydroxyl groups excluding tert-OH is 2. The number of carbonyl (C=O) groups is 6. The van der Waals surface area contributed by atoms with Crippen molar-refractivity contribution in [2.75, 3.05) is 14.2 Å². The number of aliphatic hydroxyl groups is 4. The highest BCUT2D eigenvalue weighted by molar-refractivity contribution is 6.32. The lowest BCUT2D eigenvalue weighted by molar-refractivity contribution is -0.719. The summed E-state index contributed by atoms with van der Waals surface area (Å²) in [6, 6.07) is 15.4. The van der Waals surface area contributed by atoms with E-state index in [-0.39, 0.29) is 68.8 Å². The predicted molar refractivity (Wildman–Crippen MR) is 290 cm³/mol. The minimum absolute atomic E-state index is 0.0575. The number of fused-ring (bicyclic) bond motifs is 6. The summed E-state index contributed by atoms with van der Waals surface area (Å²) in [6.45, 7) is 6.44. The third kappa shape index (κ3) is 9.63. The van der Waals surface area contributed by atoms with Crippen LogP contribution < -0.4 is 20.1 Å². The van der Waals surface area contributed by atoms with Gasteiger partial charge in [-0.3, -0.25) is 28.8 Å². The van der Waals surface area contributed by atoms with E-state index in [2.05, 4.69) is 0 Å². The number of phenolic OH excluding ortho intramolecular Hbond substituents is 4. The molecule has 84 heavy (non-hydrogen) atoms. The number of aromatic hydroxyl groups is 4. The Labute approximate surface area is 480 Å². The fourth-order valence-corrected chi connectivity index (χ4v) is 13.2. The average Bonchev–Trinajstić information content (AvgIpc) is 1.06. The molecular weight excluding hydrogens is 1090 g/mol. The van der Waals surface area contributed by atoms with Crippen LogP contribution in [0.3, 0.4) is 0 Å². The van der Waals surface area contributed by atoms with Gasteiger partial charge in [-0.2, -0.15) is 0 Å². The van der Waals surface area contributed by atoms with Crippen molar-refractivity contribution in [3.8, 4) is 34.5 Å². The summed E-state index contributed by atoms with van der Waals surface area (Å²) in [5.41, 5.74) is -5.09. The Kier molecular flexibility index (Phi) is 15.2. The number of Topliss-reactive ketones (excluding diaryl/α,β-unsaturated/α-hetero) is 2. The largest absolute Gasteiger partial charge is 0.507 e. The molecule has 0 aromatic heterocycles. The van der Waals surface area contributed by atoms with Gasteiger partial charge in [0.05, 0.1) is 84.9 Å².